The van der Waals surface area contributed by atoms with Crippen LogP contribution in [0.3, 0.4) is 0 Å². The zero-order chi connectivity index (χ0) is 15.6. The molecule has 0 amide bonds. The minimum atomic E-state index is -1.11. The van der Waals surface area contributed by atoms with E-state index in [1.807, 2.05) is 0 Å². The standard InChI is InChI=1S/C12H14N4O4S/c1-3-7-10(16(19)20)11(15(2)14-7)13-9(12(17)18)8-5-4-6-21-8/h4-6,9,13H,3H2,1-2H3,(H,17,18). The van der Waals surface area contributed by atoms with E-state index >= 15 is 0 Å². The third kappa shape index (κ3) is 2.87. The number of aryl methyl sites for hydroxylation is 2. The van der Waals surface area contributed by atoms with Gasteiger partial charge in [-0.2, -0.15) is 5.10 Å². The molecule has 0 saturated carbocycles. The largest absolute Gasteiger partial charge is 0.479 e. The average molecular weight is 310 g/mol. The van der Waals surface area contributed by atoms with Crippen LogP contribution in [0.2, 0.25) is 0 Å². The van der Waals surface area contributed by atoms with Crippen molar-refractivity contribution in [2.24, 2.45) is 7.05 Å². The molecule has 0 aliphatic carbocycles. The van der Waals surface area contributed by atoms with Gasteiger partial charge in [-0.15, -0.1) is 11.3 Å². The molecule has 0 spiro atoms. The van der Waals surface area contributed by atoms with Crippen molar-refractivity contribution in [2.75, 3.05) is 5.32 Å². The minimum absolute atomic E-state index is 0.0950. The number of anilines is 1. The molecule has 1 unspecified atom stereocenters. The van der Waals surface area contributed by atoms with E-state index in [1.165, 1.54) is 16.0 Å². The quantitative estimate of drug-likeness (QED) is 0.625. The normalized spacial score (nSPS) is 12.1. The smallest absolute Gasteiger partial charge is 0.334 e. The van der Waals surface area contributed by atoms with Crippen molar-refractivity contribution >= 4 is 28.8 Å². The summed E-state index contributed by atoms with van der Waals surface area (Å²) < 4.78 is 1.31. The maximum absolute atomic E-state index is 11.4. The Bertz CT molecular complexity index is 665. The van der Waals surface area contributed by atoms with Crippen LogP contribution < -0.4 is 5.32 Å². The second kappa shape index (κ2) is 5.92. The third-order valence-electron chi connectivity index (χ3n) is 2.97. The topological polar surface area (TPSA) is 110 Å². The van der Waals surface area contributed by atoms with Crippen molar-refractivity contribution in [1.82, 2.24) is 9.78 Å². The highest BCUT2D eigenvalue weighted by Crippen LogP contribution is 2.32. The summed E-state index contributed by atoms with van der Waals surface area (Å²) in [6.45, 7) is 1.76. The molecule has 0 fully saturated rings. The summed E-state index contributed by atoms with van der Waals surface area (Å²) in [5.41, 5.74) is 0.142. The second-order valence-corrected chi connectivity index (χ2v) is 5.29. The first-order chi connectivity index (χ1) is 9.95. The number of carbonyl (C=O) groups is 1. The lowest BCUT2D eigenvalue weighted by molar-refractivity contribution is -0.384. The number of nitrogens with one attached hydrogen (secondary N) is 1. The molecule has 0 bridgehead atoms. The minimum Gasteiger partial charge on any atom is -0.479 e. The van der Waals surface area contributed by atoms with E-state index in [2.05, 4.69) is 10.4 Å². The zero-order valence-electron chi connectivity index (χ0n) is 11.4. The molecule has 0 aromatic carbocycles. The number of aliphatic carboxylic acids is 1. The van der Waals surface area contributed by atoms with Crippen molar-refractivity contribution in [2.45, 2.75) is 19.4 Å². The van der Waals surface area contributed by atoms with E-state index in [1.54, 1.807) is 31.5 Å². The lowest BCUT2D eigenvalue weighted by atomic mass is 10.2. The number of nitrogens with zero attached hydrogens (tertiary/aromatic N) is 3. The van der Waals surface area contributed by atoms with Gasteiger partial charge in [-0.3, -0.25) is 10.1 Å². The molecule has 112 valence electrons. The molecule has 9 heteroatoms. The van der Waals surface area contributed by atoms with Crippen LogP contribution in [0.15, 0.2) is 17.5 Å². The van der Waals surface area contributed by atoms with Crippen molar-refractivity contribution in [1.29, 1.82) is 0 Å². The van der Waals surface area contributed by atoms with Gasteiger partial charge in [-0.25, -0.2) is 9.48 Å². The fourth-order valence-corrected chi connectivity index (χ4v) is 2.77. The van der Waals surface area contributed by atoms with E-state index in [-0.39, 0.29) is 11.5 Å². The fourth-order valence-electron chi connectivity index (χ4n) is 2.01. The van der Waals surface area contributed by atoms with Crippen molar-refractivity contribution < 1.29 is 14.8 Å². The van der Waals surface area contributed by atoms with E-state index in [9.17, 15) is 20.0 Å². The molecule has 2 N–H and O–H groups in total. The van der Waals surface area contributed by atoms with E-state index < -0.39 is 16.9 Å². The lowest BCUT2D eigenvalue weighted by Crippen LogP contribution is -2.21. The summed E-state index contributed by atoms with van der Waals surface area (Å²) in [6, 6.07) is 2.34. The van der Waals surface area contributed by atoms with Crippen molar-refractivity contribution in [3.8, 4) is 0 Å². The molecule has 2 aromatic heterocycles. The molecule has 2 heterocycles. The van der Waals surface area contributed by atoms with Crippen LogP contribution in [0.1, 0.15) is 23.5 Å². The van der Waals surface area contributed by atoms with Crippen LogP contribution in [-0.4, -0.2) is 25.8 Å². The van der Waals surface area contributed by atoms with E-state index in [4.69, 9.17) is 0 Å². The number of aromatic nitrogens is 2. The number of thiophene rings is 1. The van der Waals surface area contributed by atoms with Gasteiger partial charge in [0.25, 0.3) is 0 Å². The first-order valence-corrected chi connectivity index (χ1v) is 7.06. The Balaban J connectivity index is 2.44. The van der Waals surface area contributed by atoms with Crippen LogP contribution in [0.4, 0.5) is 11.5 Å². The maximum atomic E-state index is 11.4. The van der Waals surface area contributed by atoms with Crippen LogP contribution >= 0.6 is 11.3 Å². The molecule has 8 nitrogen and oxygen atoms in total. The highest BCUT2D eigenvalue weighted by Gasteiger charge is 2.30. The molecule has 0 saturated heterocycles. The van der Waals surface area contributed by atoms with Gasteiger partial charge in [-0.05, 0) is 17.9 Å². The van der Waals surface area contributed by atoms with Gasteiger partial charge in [0, 0.05) is 11.9 Å². The van der Waals surface area contributed by atoms with Crippen LogP contribution in [0.5, 0.6) is 0 Å². The molecule has 2 rings (SSSR count). The summed E-state index contributed by atoms with van der Waals surface area (Å²) in [5, 5.41) is 29.1. The highest BCUT2D eigenvalue weighted by molar-refractivity contribution is 7.10. The van der Waals surface area contributed by atoms with Gasteiger partial charge in [0.15, 0.2) is 6.04 Å². The first kappa shape index (κ1) is 15.0. The summed E-state index contributed by atoms with van der Waals surface area (Å²) in [4.78, 5) is 22.7. The Hall–Kier alpha value is -2.42. The summed E-state index contributed by atoms with van der Waals surface area (Å²) in [6.07, 6.45) is 0.391. The number of carboxylic acid groups (broad SMARTS) is 1. The van der Waals surface area contributed by atoms with Crippen LogP contribution in [0.25, 0.3) is 0 Å². The summed E-state index contributed by atoms with van der Waals surface area (Å²) >= 11 is 1.27. The molecule has 1 atom stereocenters. The Kier molecular flexibility index (Phi) is 4.22. The zero-order valence-corrected chi connectivity index (χ0v) is 12.3. The molecule has 0 aliphatic rings. The Morgan fingerprint density at radius 1 is 1.67 bits per heavy atom. The molecule has 2 aromatic rings. The molecular weight excluding hydrogens is 296 g/mol. The van der Waals surface area contributed by atoms with Crippen molar-refractivity contribution in [3.63, 3.8) is 0 Å². The number of nitro groups is 1. The average Bonchev–Trinajstić information content (AvgIpc) is 3.03. The van der Waals surface area contributed by atoms with Gasteiger partial charge in [0.2, 0.25) is 5.82 Å². The Morgan fingerprint density at radius 3 is 2.86 bits per heavy atom. The molecule has 0 radical (unpaired) electrons. The van der Waals surface area contributed by atoms with Gasteiger partial charge in [-0.1, -0.05) is 13.0 Å². The Labute approximate surface area is 124 Å². The summed E-state index contributed by atoms with van der Waals surface area (Å²) in [7, 11) is 1.54. The van der Waals surface area contributed by atoms with E-state index in [0.717, 1.165) is 0 Å². The van der Waals surface area contributed by atoms with Crippen LogP contribution in [0, 0.1) is 10.1 Å². The maximum Gasteiger partial charge on any atom is 0.334 e. The lowest BCUT2D eigenvalue weighted by Gasteiger charge is -2.13. The SMILES string of the molecule is CCc1nn(C)c(NC(C(=O)O)c2cccs2)c1[N+](=O)[O-]. The van der Waals surface area contributed by atoms with E-state index in [0.29, 0.717) is 17.0 Å². The molecule has 0 aliphatic heterocycles. The van der Waals surface area contributed by atoms with Gasteiger partial charge >= 0.3 is 11.7 Å². The number of carboxylic acids is 1. The third-order valence-corrected chi connectivity index (χ3v) is 3.90. The predicted molar refractivity (Wildman–Crippen MR) is 77.6 cm³/mol. The first-order valence-electron chi connectivity index (χ1n) is 6.18. The fraction of sp³-hybridized carbons (Fsp3) is 0.333. The van der Waals surface area contributed by atoms with Gasteiger partial charge in [0.05, 0.1) is 4.92 Å². The molecule has 21 heavy (non-hydrogen) atoms. The second-order valence-electron chi connectivity index (χ2n) is 4.31. The monoisotopic (exact) mass is 310 g/mol. The summed E-state index contributed by atoms with van der Waals surface area (Å²) in [5.74, 6) is -1.01. The Morgan fingerprint density at radius 2 is 2.38 bits per heavy atom. The molecular formula is C12H14N4O4S. The van der Waals surface area contributed by atoms with Crippen LogP contribution in [-0.2, 0) is 18.3 Å². The number of hydrogen-bond donors (Lipinski definition) is 2. The van der Waals surface area contributed by atoms with Crippen molar-refractivity contribution in [3.05, 3.63) is 38.2 Å². The van der Waals surface area contributed by atoms with Gasteiger partial charge < -0.3 is 10.4 Å². The highest BCUT2D eigenvalue weighted by atomic mass is 32.1. The number of rotatable bonds is 6. The predicted octanol–water partition coefficient (Wildman–Crippen LogP) is 2.19. The van der Waals surface area contributed by atoms with Gasteiger partial charge in [0.1, 0.15) is 5.69 Å². The number of hydrogen-bond acceptors (Lipinski definition) is 6.